The molecule has 1 saturated heterocycles. The first-order valence-electron chi connectivity index (χ1n) is 11.8. The Morgan fingerprint density at radius 1 is 1.15 bits per heavy atom. The zero-order valence-electron chi connectivity index (χ0n) is 19.4. The molecular weight excluding hydrogens is 434 g/mol. The Morgan fingerprint density at radius 3 is 2.55 bits per heavy atom. The van der Waals surface area contributed by atoms with Crippen LogP contribution in [0.2, 0.25) is 5.02 Å². The van der Waals surface area contributed by atoms with E-state index in [0.29, 0.717) is 25.4 Å². The van der Waals surface area contributed by atoms with Gasteiger partial charge in [0.15, 0.2) is 0 Å². The third-order valence-corrected chi connectivity index (χ3v) is 6.83. The van der Waals surface area contributed by atoms with Crippen LogP contribution in [-0.2, 0) is 24.1 Å². The maximum atomic E-state index is 13.4. The van der Waals surface area contributed by atoms with Gasteiger partial charge in [-0.1, -0.05) is 42.8 Å². The second-order valence-electron chi connectivity index (χ2n) is 8.94. The predicted octanol–water partition coefficient (Wildman–Crippen LogP) is 5.14. The van der Waals surface area contributed by atoms with Crippen LogP contribution in [0.4, 0.5) is 0 Å². The molecule has 3 aromatic rings. The first-order chi connectivity index (χ1) is 16.0. The highest BCUT2D eigenvalue weighted by atomic mass is 35.5. The van der Waals surface area contributed by atoms with Crippen molar-refractivity contribution >= 4 is 17.5 Å². The van der Waals surface area contributed by atoms with Crippen molar-refractivity contribution in [2.24, 2.45) is 5.41 Å². The Labute approximate surface area is 200 Å². The van der Waals surface area contributed by atoms with Crippen LogP contribution in [0.25, 0.3) is 11.5 Å². The number of hydrogen-bond acceptors (Lipinski definition) is 4. The summed E-state index contributed by atoms with van der Waals surface area (Å²) in [7, 11) is 0. The van der Waals surface area contributed by atoms with E-state index in [1.54, 1.807) is 0 Å². The number of carbonyl (C=O) groups excluding carboxylic acids is 1. The van der Waals surface area contributed by atoms with Gasteiger partial charge < -0.3 is 15.1 Å². The molecule has 33 heavy (non-hydrogen) atoms. The van der Waals surface area contributed by atoms with Crippen LogP contribution in [0, 0.1) is 12.3 Å². The molecule has 0 aliphatic carbocycles. The summed E-state index contributed by atoms with van der Waals surface area (Å²) in [5, 5.41) is 7.33. The molecular formula is C27H32ClN3O2. The zero-order valence-corrected chi connectivity index (χ0v) is 20.2. The smallest absolute Gasteiger partial charge is 0.227 e. The number of aromatic nitrogens is 1. The SMILES string of the molecule is CCc1ccc(-c2nc(CC3(C(=O)NCCc4ccc(Cl)cc4)CCCNC3)c(C)o2)cc1. The highest BCUT2D eigenvalue weighted by Crippen LogP contribution is 2.33. The summed E-state index contributed by atoms with van der Waals surface area (Å²) in [6.07, 6.45) is 4.13. The fourth-order valence-electron chi connectivity index (χ4n) is 4.47. The lowest BCUT2D eigenvalue weighted by atomic mass is 9.75. The third-order valence-electron chi connectivity index (χ3n) is 6.57. The molecule has 6 heteroatoms. The molecule has 1 aliphatic rings. The zero-order chi connectivity index (χ0) is 23.3. The fourth-order valence-corrected chi connectivity index (χ4v) is 4.60. The van der Waals surface area contributed by atoms with E-state index in [9.17, 15) is 4.79 Å². The van der Waals surface area contributed by atoms with E-state index in [2.05, 4.69) is 41.8 Å². The van der Waals surface area contributed by atoms with Gasteiger partial charge in [0.2, 0.25) is 11.8 Å². The van der Waals surface area contributed by atoms with Crippen molar-refractivity contribution in [3.05, 3.63) is 76.1 Å². The van der Waals surface area contributed by atoms with E-state index >= 15 is 0 Å². The number of halogens is 1. The van der Waals surface area contributed by atoms with Crippen molar-refractivity contribution in [3.8, 4) is 11.5 Å². The summed E-state index contributed by atoms with van der Waals surface area (Å²) < 4.78 is 6.02. The minimum Gasteiger partial charge on any atom is -0.441 e. The van der Waals surface area contributed by atoms with Crippen LogP contribution in [-0.4, -0.2) is 30.5 Å². The van der Waals surface area contributed by atoms with Crippen LogP contribution in [0.5, 0.6) is 0 Å². The minimum absolute atomic E-state index is 0.0833. The Kier molecular flexibility index (Phi) is 7.51. The Bertz CT molecular complexity index is 1070. The summed E-state index contributed by atoms with van der Waals surface area (Å²) >= 11 is 5.97. The summed E-state index contributed by atoms with van der Waals surface area (Å²) in [6.45, 7) is 6.25. The highest BCUT2D eigenvalue weighted by molar-refractivity contribution is 6.30. The van der Waals surface area contributed by atoms with Crippen molar-refractivity contribution in [2.75, 3.05) is 19.6 Å². The van der Waals surface area contributed by atoms with E-state index in [0.717, 1.165) is 59.8 Å². The molecule has 0 saturated carbocycles. The minimum atomic E-state index is -0.525. The average molecular weight is 466 g/mol. The normalized spacial score (nSPS) is 18.3. The maximum absolute atomic E-state index is 13.4. The molecule has 1 aliphatic heterocycles. The van der Waals surface area contributed by atoms with Gasteiger partial charge in [-0.05, 0) is 74.5 Å². The van der Waals surface area contributed by atoms with Crippen molar-refractivity contribution in [1.29, 1.82) is 0 Å². The second-order valence-corrected chi connectivity index (χ2v) is 9.38. The van der Waals surface area contributed by atoms with Gasteiger partial charge in [-0.3, -0.25) is 4.79 Å². The molecule has 1 aromatic heterocycles. The topological polar surface area (TPSA) is 67.2 Å². The molecule has 1 fully saturated rings. The number of rotatable bonds is 8. The van der Waals surface area contributed by atoms with E-state index in [1.165, 1.54) is 5.56 Å². The molecule has 1 atom stereocenters. The molecule has 0 radical (unpaired) electrons. The van der Waals surface area contributed by atoms with E-state index in [1.807, 2.05) is 31.2 Å². The molecule has 1 amide bonds. The third kappa shape index (κ3) is 5.66. The molecule has 5 nitrogen and oxygen atoms in total. The quantitative estimate of drug-likeness (QED) is 0.483. The number of hydrogen-bond donors (Lipinski definition) is 2. The number of aryl methyl sites for hydroxylation is 2. The van der Waals surface area contributed by atoms with E-state index in [4.69, 9.17) is 21.0 Å². The standard InChI is InChI=1S/C27H32ClN3O2/c1-3-20-5-9-22(10-6-20)25-31-24(19(2)33-25)17-27(14-4-15-29-18-27)26(32)30-16-13-21-7-11-23(28)12-8-21/h5-12,29H,3-4,13-18H2,1-2H3,(H,30,32). The Hall–Kier alpha value is -2.63. The van der Waals surface area contributed by atoms with Crippen molar-refractivity contribution < 1.29 is 9.21 Å². The van der Waals surface area contributed by atoms with Gasteiger partial charge in [0.05, 0.1) is 11.1 Å². The Morgan fingerprint density at radius 2 is 1.88 bits per heavy atom. The number of nitrogens with one attached hydrogen (secondary N) is 2. The average Bonchev–Trinajstić information content (AvgIpc) is 3.20. The van der Waals surface area contributed by atoms with Crippen molar-refractivity contribution in [3.63, 3.8) is 0 Å². The molecule has 4 rings (SSSR count). The second kappa shape index (κ2) is 10.5. The molecule has 0 bridgehead atoms. The largest absolute Gasteiger partial charge is 0.441 e. The lowest BCUT2D eigenvalue weighted by Crippen LogP contribution is -2.52. The molecule has 1 unspecified atom stereocenters. The lowest BCUT2D eigenvalue weighted by molar-refractivity contribution is -0.132. The van der Waals surface area contributed by atoms with E-state index < -0.39 is 5.41 Å². The van der Waals surface area contributed by atoms with Crippen LogP contribution in [0.3, 0.4) is 0 Å². The molecule has 2 N–H and O–H groups in total. The first-order valence-corrected chi connectivity index (χ1v) is 12.2. The van der Waals surface area contributed by atoms with Gasteiger partial charge in [-0.15, -0.1) is 0 Å². The first kappa shape index (κ1) is 23.5. The molecule has 0 spiro atoms. The number of oxazole rings is 1. The van der Waals surface area contributed by atoms with Crippen molar-refractivity contribution in [2.45, 2.75) is 46.0 Å². The van der Waals surface area contributed by atoms with Crippen LogP contribution in [0.15, 0.2) is 52.9 Å². The number of carbonyl (C=O) groups is 1. The van der Waals surface area contributed by atoms with Gasteiger partial charge >= 0.3 is 0 Å². The summed E-state index contributed by atoms with van der Waals surface area (Å²) in [4.78, 5) is 18.2. The van der Waals surface area contributed by atoms with Crippen LogP contribution < -0.4 is 10.6 Å². The van der Waals surface area contributed by atoms with Gasteiger partial charge in [0.1, 0.15) is 5.76 Å². The summed E-state index contributed by atoms with van der Waals surface area (Å²) in [5.74, 6) is 1.48. The number of nitrogens with zero attached hydrogens (tertiary/aromatic N) is 1. The summed E-state index contributed by atoms with van der Waals surface area (Å²) in [5.41, 5.74) is 3.74. The van der Waals surface area contributed by atoms with Gasteiger partial charge in [-0.25, -0.2) is 4.98 Å². The van der Waals surface area contributed by atoms with Crippen LogP contribution >= 0.6 is 11.6 Å². The fraction of sp³-hybridized carbons (Fsp3) is 0.407. The number of benzene rings is 2. The van der Waals surface area contributed by atoms with Crippen molar-refractivity contribution in [1.82, 2.24) is 15.6 Å². The predicted molar refractivity (Wildman–Crippen MR) is 132 cm³/mol. The number of piperidine rings is 1. The van der Waals surface area contributed by atoms with E-state index in [-0.39, 0.29) is 5.91 Å². The van der Waals surface area contributed by atoms with Gasteiger partial charge in [0, 0.05) is 30.1 Å². The molecule has 174 valence electrons. The highest BCUT2D eigenvalue weighted by Gasteiger charge is 2.41. The molecule has 2 heterocycles. The monoisotopic (exact) mass is 465 g/mol. The van der Waals surface area contributed by atoms with Gasteiger partial charge in [0.25, 0.3) is 0 Å². The maximum Gasteiger partial charge on any atom is 0.227 e. The Balaban J connectivity index is 1.47. The van der Waals surface area contributed by atoms with Gasteiger partial charge in [-0.2, -0.15) is 0 Å². The van der Waals surface area contributed by atoms with Crippen LogP contribution in [0.1, 0.15) is 42.3 Å². The number of amides is 1. The lowest BCUT2D eigenvalue weighted by Gasteiger charge is -2.36. The summed E-state index contributed by atoms with van der Waals surface area (Å²) in [6, 6.07) is 16.1. The molecule has 2 aromatic carbocycles.